The van der Waals surface area contributed by atoms with E-state index in [1.165, 1.54) is 21.1 Å². The number of carboxylic acid groups (broad SMARTS) is 1. The van der Waals surface area contributed by atoms with Gasteiger partial charge in [0, 0.05) is 13.6 Å². The van der Waals surface area contributed by atoms with Crippen LogP contribution >= 0.6 is 0 Å². The van der Waals surface area contributed by atoms with E-state index in [2.05, 4.69) is 15.4 Å². The maximum absolute atomic E-state index is 13.5. The number of aliphatic carboxylic acids is 1. The number of hydrogen-bond donors (Lipinski definition) is 2. The molecule has 1 amide bonds. The normalized spacial score (nSPS) is 14.5. The molecular weight excluding hydrogens is 497 g/mol. The molecule has 0 aromatic rings. The molecule has 0 aliphatic carbocycles. The number of likely N-dealkylation sites (N-methyl/N-ethyl adjacent to an activating group) is 1. The third kappa shape index (κ3) is 8.48. The van der Waals surface area contributed by atoms with Crippen LogP contribution in [0.15, 0.2) is 0 Å². The summed E-state index contributed by atoms with van der Waals surface area (Å²) in [6.45, 7) is -2.20. The quantitative estimate of drug-likeness (QED) is 0.194. The zero-order chi connectivity index (χ0) is 27.2. The highest BCUT2D eigenvalue weighted by Gasteiger charge is 2.81. The second-order valence-electron chi connectivity index (χ2n) is 7.84. The smallest absolute Gasteiger partial charge is 0.460 e. The molecule has 34 heavy (non-hydrogen) atoms. The minimum absolute atomic E-state index is 0.0440. The Kier molecular flexibility index (Phi) is 10.6. The lowest BCUT2D eigenvalue weighted by molar-refractivity contribution is -0.883. The van der Waals surface area contributed by atoms with Gasteiger partial charge in [-0.3, -0.25) is 14.9 Å². The number of esters is 1. The van der Waals surface area contributed by atoms with Gasteiger partial charge in [-0.1, -0.05) is 0 Å². The summed E-state index contributed by atoms with van der Waals surface area (Å²) in [5.41, 5.74) is 0. The van der Waals surface area contributed by atoms with Gasteiger partial charge in [0.25, 0.3) is 0 Å². The van der Waals surface area contributed by atoms with Crippen molar-refractivity contribution in [3.63, 3.8) is 0 Å². The Labute approximate surface area is 188 Å². The molecule has 0 fully saturated rings. The summed E-state index contributed by atoms with van der Waals surface area (Å²) in [6.07, 6.45) is -10.00. The highest BCUT2D eigenvalue weighted by molar-refractivity contribution is 5.85. The lowest BCUT2D eigenvalue weighted by atomic mass is 10.0. The lowest BCUT2D eigenvalue weighted by Crippen LogP contribution is -2.61. The van der Waals surface area contributed by atoms with Crippen LogP contribution in [0.25, 0.3) is 0 Å². The first-order chi connectivity index (χ1) is 15.1. The Morgan fingerprint density at radius 1 is 0.971 bits per heavy atom. The zero-order valence-electron chi connectivity index (χ0n) is 18.2. The van der Waals surface area contributed by atoms with Crippen molar-refractivity contribution in [3.8, 4) is 0 Å². The monoisotopic (exact) mass is 521 g/mol. The number of carbonyl (C=O) groups is 3. The molecule has 0 aliphatic rings. The van der Waals surface area contributed by atoms with Gasteiger partial charge in [-0.25, -0.2) is 0 Å². The standard InChI is InChI=1S/C17H24F9N3O5/c1-27-11(30)8-10(28-5-6-29(2,3)9-12(31)32)13(33)34-7-4-14(18,19)15(20,21)16(22,23)17(24,25)26/h10,28H,4-9H2,1-3H3,(H-,27,30,31,32). The van der Waals surface area contributed by atoms with Gasteiger partial charge in [-0.05, 0) is 0 Å². The SMILES string of the molecule is CNC(=O)CC(NCC[N+](C)(C)CC(=O)[O-])C(=O)OCCC(F)(F)C(F)(F)C(F)(F)C(F)(F)F. The molecule has 1 atom stereocenters. The highest BCUT2D eigenvalue weighted by atomic mass is 19.4. The molecule has 0 heterocycles. The number of ether oxygens (including phenoxy) is 1. The van der Waals surface area contributed by atoms with Crippen molar-refractivity contribution >= 4 is 17.8 Å². The van der Waals surface area contributed by atoms with Gasteiger partial charge in [0.05, 0.1) is 46.1 Å². The van der Waals surface area contributed by atoms with Crippen molar-refractivity contribution in [1.29, 1.82) is 0 Å². The molecule has 0 aromatic carbocycles. The Hall–Kier alpha value is -2.30. The van der Waals surface area contributed by atoms with E-state index < -0.39 is 73.8 Å². The largest absolute Gasteiger partial charge is 0.544 e. The Bertz CT molecular complexity index is 730. The number of quaternary nitrogens is 1. The Balaban J connectivity index is 5.18. The van der Waals surface area contributed by atoms with E-state index in [1.54, 1.807) is 0 Å². The highest BCUT2D eigenvalue weighted by Crippen LogP contribution is 2.53. The van der Waals surface area contributed by atoms with Crippen LogP contribution in [0.1, 0.15) is 12.8 Å². The van der Waals surface area contributed by atoms with E-state index in [-0.39, 0.29) is 17.6 Å². The van der Waals surface area contributed by atoms with Crippen molar-refractivity contribution in [2.24, 2.45) is 0 Å². The number of rotatable bonds is 14. The van der Waals surface area contributed by atoms with Crippen LogP contribution in [0.4, 0.5) is 39.5 Å². The fourth-order valence-electron chi connectivity index (χ4n) is 2.44. The van der Waals surface area contributed by atoms with Crippen molar-refractivity contribution < 1.29 is 68.2 Å². The summed E-state index contributed by atoms with van der Waals surface area (Å²) < 4.78 is 120. The maximum atomic E-state index is 13.5. The van der Waals surface area contributed by atoms with Crippen molar-refractivity contribution in [2.75, 3.05) is 47.4 Å². The molecule has 0 aliphatic heterocycles. The third-order valence-corrected chi connectivity index (χ3v) is 4.49. The number of hydrogen-bond acceptors (Lipinski definition) is 6. The van der Waals surface area contributed by atoms with Crippen LogP contribution < -0.4 is 15.7 Å². The number of alkyl halides is 9. The first kappa shape index (κ1) is 31.7. The number of nitrogens with zero attached hydrogens (tertiary/aromatic N) is 1. The summed E-state index contributed by atoms with van der Waals surface area (Å²) in [5.74, 6) is -23.4. The molecule has 0 bridgehead atoms. The first-order valence-corrected chi connectivity index (χ1v) is 9.44. The van der Waals surface area contributed by atoms with Crippen LogP contribution in [0.5, 0.6) is 0 Å². The molecule has 8 nitrogen and oxygen atoms in total. The Morgan fingerprint density at radius 3 is 1.94 bits per heavy atom. The molecule has 0 spiro atoms. The summed E-state index contributed by atoms with van der Waals surface area (Å²) in [6, 6.07) is -1.56. The summed E-state index contributed by atoms with van der Waals surface area (Å²) in [4.78, 5) is 34.3. The van der Waals surface area contributed by atoms with E-state index in [1.807, 2.05) is 0 Å². The number of carbonyl (C=O) groups excluding carboxylic acids is 3. The Morgan fingerprint density at radius 2 is 1.50 bits per heavy atom. The molecule has 17 heteroatoms. The predicted octanol–water partition coefficient (Wildman–Crippen LogP) is 0.309. The fourth-order valence-corrected chi connectivity index (χ4v) is 2.44. The molecule has 0 saturated heterocycles. The third-order valence-electron chi connectivity index (χ3n) is 4.49. The van der Waals surface area contributed by atoms with E-state index in [4.69, 9.17) is 0 Å². The summed E-state index contributed by atoms with van der Waals surface area (Å²) in [7, 11) is 4.12. The maximum Gasteiger partial charge on any atom is 0.460 e. The average Bonchev–Trinajstić information content (AvgIpc) is 2.64. The number of carboxylic acids is 1. The van der Waals surface area contributed by atoms with Gasteiger partial charge in [-0.15, -0.1) is 0 Å². The fraction of sp³-hybridized carbons (Fsp3) is 0.824. The minimum Gasteiger partial charge on any atom is -0.544 e. The number of amides is 1. The summed E-state index contributed by atoms with van der Waals surface area (Å²) in [5, 5.41) is 15.3. The van der Waals surface area contributed by atoms with E-state index in [0.717, 1.165) is 0 Å². The molecule has 0 radical (unpaired) electrons. The zero-order valence-corrected chi connectivity index (χ0v) is 18.2. The van der Waals surface area contributed by atoms with Crippen LogP contribution in [-0.4, -0.2) is 99.7 Å². The summed E-state index contributed by atoms with van der Waals surface area (Å²) >= 11 is 0. The van der Waals surface area contributed by atoms with Gasteiger partial charge in [0.2, 0.25) is 5.91 Å². The molecule has 0 aromatic heterocycles. The van der Waals surface area contributed by atoms with E-state index in [9.17, 15) is 59.0 Å². The molecule has 0 saturated carbocycles. The molecule has 2 N–H and O–H groups in total. The molecule has 0 rings (SSSR count). The van der Waals surface area contributed by atoms with E-state index in [0.29, 0.717) is 0 Å². The second-order valence-corrected chi connectivity index (χ2v) is 7.84. The van der Waals surface area contributed by atoms with Crippen LogP contribution in [0, 0.1) is 0 Å². The van der Waals surface area contributed by atoms with Crippen molar-refractivity contribution in [3.05, 3.63) is 0 Å². The topological polar surface area (TPSA) is 108 Å². The van der Waals surface area contributed by atoms with Crippen molar-refractivity contribution in [2.45, 2.75) is 42.8 Å². The van der Waals surface area contributed by atoms with Crippen molar-refractivity contribution in [1.82, 2.24) is 10.6 Å². The van der Waals surface area contributed by atoms with Gasteiger partial charge in [0.15, 0.2) is 0 Å². The first-order valence-electron chi connectivity index (χ1n) is 9.44. The van der Waals surface area contributed by atoms with Gasteiger partial charge >= 0.3 is 29.9 Å². The minimum atomic E-state index is -7.06. The lowest BCUT2D eigenvalue weighted by Gasteiger charge is -2.33. The predicted molar refractivity (Wildman–Crippen MR) is 93.8 cm³/mol. The van der Waals surface area contributed by atoms with Crippen LogP contribution in [-0.2, 0) is 19.1 Å². The van der Waals surface area contributed by atoms with Crippen LogP contribution in [0.3, 0.4) is 0 Å². The number of halogens is 9. The molecule has 200 valence electrons. The molecule has 1 unspecified atom stereocenters. The molecular formula is C17H24F9N3O5. The number of nitrogens with one attached hydrogen (secondary N) is 2. The second kappa shape index (κ2) is 11.4. The van der Waals surface area contributed by atoms with E-state index >= 15 is 0 Å². The van der Waals surface area contributed by atoms with Gasteiger partial charge < -0.3 is 24.4 Å². The van der Waals surface area contributed by atoms with Gasteiger partial charge in [0.1, 0.15) is 12.6 Å². The average molecular weight is 521 g/mol. The van der Waals surface area contributed by atoms with Gasteiger partial charge in [-0.2, -0.15) is 39.5 Å². The van der Waals surface area contributed by atoms with Crippen LogP contribution in [0.2, 0.25) is 0 Å².